The summed E-state index contributed by atoms with van der Waals surface area (Å²) < 4.78 is 39.4. The highest BCUT2D eigenvalue weighted by atomic mass is 16.7. The summed E-state index contributed by atoms with van der Waals surface area (Å²) in [5, 5.41) is 144. The van der Waals surface area contributed by atoms with E-state index in [0.717, 1.165) is 30.3 Å². The molecule has 0 spiro atoms. The molecule has 0 bridgehead atoms. The lowest BCUT2D eigenvalue weighted by Crippen LogP contribution is -2.60. The summed E-state index contributed by atoms with van der Waals surface area (Å²) in [4.78, 5) is 12.6. The van der Waals surface area contributed by atoms with Crippen LogP contribution in [-0.4, -0.2) is 183 Å². The number of aliphatic hydroxyl groups is 11. The fourth-order valence-corrected chi connectivity index (χ4v) is 6.12. The molecule has 3 aromatic rings. The third kappa shape index (κ3) is 7.66. The molecule has 302 valence electrons. The van der Waals surface area contributed by atoms with E-state index in [4.69, 9.17) is 32.8 Å². The van der Waals surface area contributed by atoms with E-state index in [-0.39, 0.29) is 22.3 Å². The van der Waals surface area contributed by atoms with Crippen molar-refractivity contribution in [3.63, 3.8) is 0 Å². The average Bonchev–Trinajstić information content (AvgIpc) is 3.16. The zero-order chi connectivity index (χ0) is 40.0. The molecule has 14 unspecified atom stereocenters. The number of carbonyl (C=O) groups excluding carboxylic acids is 1. The van der Waals surface area contributed by atoms with Crippen molar-refractivity contribution in [1.29, 1.82) is 0 Å². The van der Waals surface area contributed by atoms with Crippen molar-refractivity contribution >= 4 is 16.8 Å². The fraction of sp³-hybridized carbons (Fsp3) is 0.515. The van der Waals surface area contributed by atoms with E-state index in [1.54, 1.807) is 0 Å². The van der Waals surface area contributed by atoms with Crippen LogP contribution in [0.15, 0.2) is 34.7 Å². The lowest BCUT2D eigenvalue weighted by molar-refractivity contribution is -0.277. The summed E-state index contributed by atoms with van der Waals surface area (Å²) in [6.07, 6.45) is -25.1. The fourth-order valence-electron chi connectivity index (χ4n) is 6.12. The summed E-state index contributed by atoms with van der Waals surface area (Å²) in [5.41, 5.74) is -0.502. The first-order valence-corrected chi connectivity index (χ1v) is 16.6. The van der Waals surface area contributed by atoms with Crippen LogP contribution in [0.2, 0.25) is 0 Å². The summed E-state index contributed by atoms with van der Waals surface area (Å²) in [7, 11) is 0. The minimum absolute atomic E-state index is 0.121. The number of phenols is 3. The molecule has 1 aromatic heterocycles. The van der Waals surface area contributed by atoms with E-state index in [9.17, 15) is 76.3 Å². The van der Waals surface area contributed by atoms with Crippen molar-refractivity contribution in [2.75, 3.05) is 19.8 Å². The number of carbonyl (C=O) groups is 1. The second-order valence-electron chi connectivity index (χ2n) is 12.9. The van der Waals surface area contributed by atoms with Gasteiger partial charge in [0.2, 0.25) is 30.4 Å². The van der Waals surface area contributed by atoms with Gasteiger partial charge in [-0.05, 0) is 0 Å². The number of benzene rings is 2. The molecule has 0 aliphatic carbocycles. The molecule has 0 saturated carbocycles. The smallest absolute Gasteiger partial charge is 0.402 e. The number of ketones is 1. The summed E-state index contributed by atoms with van der Waals surface area (Å²) in [5.74, 6) is -5.45. The van der Waals surface area contributed by atoms with Crippen molar-refractivity contribution in [2.45, 2.75) is 86.0 Å². The second-order valence-corrected chi connectivity index (χ2v) is 12.9. The Morgan fingerprint density at radius 2 is 1.09 bits per heavy atom. The van der Waals surface area contributed by atoms with Gasteiger partial charge < -0.3 is 99.9 Å². The van der Waals surface area contributed by atoms with Crippen molar-refractivity contribution in [1.82, 2.24) is 0 Å². The maximum absolute atomic E-state index is 12.6. The Kier molecular flexibility index (Phi) is 11.8. The number of hydrogen-bond acceptors (Lipinski definition) is 21. The minimum atomic E-state index is -2.16. The van der Waals surface area contributed by atoms with Crippen LogP contribution in [-0.2, 0) is 19.0 Å². The van der Waals surface area contributed by atoms with Gasteiger partial charge in [0.05, 0.1) is 31.5 Å². The summed E-state index contributed by atoms with van der Waals surface area (Å²) >= 11 is 0. The zero-order valence-corrected chi connectivity index (χ0v) is 28.1. The molecule has 3 aliphatic rings. The molecule has 14 N–H and O–H groups in total. The standard InChI is InChI=1S/C33H38O22/c34-6-17-21(40)24(43)27(46)31(53-17)50-14-4-10(37)3-13-11(14)5-16(52-33-29(48)26(45)23(42)19(8-36)55-33)30(49-13)9-1-12(38)20(39)15(2-9)51-32-28(47)25(44)22(41)18(7-35)54-32/h1-5,17-19,21-25,27-29,31-36,40-44,46-48H,6-8H2,(H2-,37,38,39)/p+1. The Balaban J connectivity index is 1.46. The third-order valence-corrected chi connectivity index (χ3v) is 9.23. The van der Waals surface area contributed by atoms with E-state index in [1.807, 2.05) is 0 Å². The van der Waals surface area contributed by atoms with Gasteiger partial charge in [0, 0.05) is 24.3 Å². The van der Waals surface area contributed by atoms with Gasteiger partial charge in [0.25, 0.3) is 0 Å². The lowest BCUT2D eigenvalue weighted by atomic mass is 9.99. The first-order valence-electron chi connectivity index (χ1n) is 16.6. The van der Waals surface area contributed by atoms with Crippen LogP contribution in [0, 0.1) is 0 Å². The van der Waals surface area contributed by atoms with Crippen LogP contribution in [0.3, 0.4) is 0 Å². The van der Waals surface area contributed by atoms with Crippen LogP contribution in [0.1, 0.15) is 0 Å². The van der Waals surface area contributed by atoms with Crippen LogP contribution in [0.25, 0.3) is 22.3 Å². The number of hydrogen-bond donors (Lipinski definition) is 14. The third-order valence-electron chi connectivity index (χ3n) is 9.23. The quantitative estimate of drug-likeness (QED) is 0.0677. The molecular formula is C33H39O22+. The first-order chi connectivity index (χ1) is 26.1. The molecule has 3 fully saturated rings. The maximum Gasteiger partial charge on any atom is 0.402 e. The number of fused-ring (bicyclic) bond motifs is 1. The van der Waals surface area contributed by atoms with E-state index in [1.165, 1.54) is 0 Å². The van der Waals surface area contributed by atoms with Crippen molar-refractivity contribution in [2.24, 2.45) is 0 Å². The van der Waals surface area contributed by atoms with Gasteiger partial charge in [-0.3, -0.25) is 4.79 Å². The number of Topliss-reactive ketones (excluding diaryl/α,β-unsaturated/α-hetero) is 1. The molecule has 3 aliphatic heterocycles. The number of phenolic OH excluding ortho intramolecular Hbond substituents is 3. The molecule has 4 heterocycles. The van der Waals surface area contributed by atoms with E-state index in [2.05, 4.69) is 0 Å². The lowest BCUT2D eigenvalue weighted by Gasteiger charge is -2.39. The normalized spacial score (nSPS) is 35.4. The Labute approximate surface area is 307 Å². The number of aliphatic hydroxyl groups excluding tert-OH is 11. The molecule has 0 amide bonds. The Morgan fingerprint density at radius 3 is 1.65 bits per heavy atom. The van der Waals surface area contributed by atoms with Gasteiger partial charge in [0.15, 0.2) is 23.4 Å². The maximum atomic E-state index is 12.6. The highest BCUT2D eigenvalue weighted by molar-refractivity contribution is 5.90. The molecule has 14 atom stereocenters. The van der Waals surface area contributed by atoms with Gasteiger partial charge in [0.1, 0.15) is 77.9 Å². The van der Waals surface area contributed by atoms with Crippen LogP contribution >= 0.6 is 0 Å². The molecule has 0 radical (unpaired) electrons. The van der Waals surface area contributed by atoms with Gasteiger partial charge in [-0.15, -0.1) is 0 Å². The molecule has 22 nitrogen and oxygen atoms in total. The zero-order valence-electron chi connectivity index (χ0n) is 28.1. The van der Waals surface area contributed by atoms with Crippen molar-refractivity contribution in [3.8, 4) is 45.8 Å². The molecule has 3 saturated heterocycles. The largest absolute Gasteiger partial charge is 0.507 e. The Bertz CT molecular complexity index is 1850. The summed E-state index contributed by atoms with van der Waals surface area (Å²) in [6, 6.07) is 5.09. The molecule has 55 heavy (non-hydrogen) atoms. The number of rotatable bonds is 10. The van der Waals surface area contributed by atoms with Crippen LogP contribution < -0.4 is 14.2 Å². The molecule has 22 heteroatoms. The van der Waals surface area contributed by atoms with Crippen LogP contribution in [0.5, 0.6) is 34.5 Å². The monoisotopic (exact) mass is 787 g/mol. The van der Waals surface area contributed by atoms with Gasteiger partial charge in [-0.1, -0.05) is 0 Å². The van der Waals surface area contributed by atoms with E-state index in [0.29, 0.717) is 0 Å². The topological polar surface area (TPSA) is 367 Å². The predicted octanol–water partition coefficient (Wildman–Crippen LogP) is -4.76. The van der Waals surface area contributed by atoms with E-state index < -0.39 is 146 Å². The molecular weight excluding hydrogens is 748 g/mol. The molecule has 2 aromatic carbocycles. The van der Waals surface area contributed by atoms with Gasteiger partial charge >= 0.3 is 11.3 Å². The predicted molar refractivity (Wildman–Crippen MR) is 173 cm³/mol. The van der Waals surface area contributed by atoms with Gasteiger partial charge in [-0.25, -0.2) is 4.42 Å². The Hall–Kier alpha value is -4.24. The van der Waals surface area contributed by atoms with Crippen LogP contribution in [0.4, 0.5) is 0 Å². The van der Waals surface area contributed by atoms with E-state index >= 15 is 0 Å². The minimum Gasteiger partial charge on any atom is -0.507 e. The van der Waals surface area contributed by atoms with Crippen molar-refractivity contribution in [3.05, 3.63) is 30.3 Å². The number of aromatic hydroxyl groups is 3. The van der Waals surface area contributed by atoms with Crippen molar-refractivity contribution < 1.29 is 109 Å². The average molecular weight is 788 g/mol. The SMILES string of the molecule is O=C1C(O)C(CO)OC(Oc2cc3c(OC4OC(CO)C(O)C(O)C4O)cc(O)cc3[o+]c2-c2cc(O)c(O)c(OC3OC(CO)C(O)C(O)C3O)c2)C1O. The molecule has 6 rings (SSSR count). The number of ether oxygens (including phenoxy) is 6. The summed E-state index contributed by atoms with van der Waals surface area (Å²) in [6.45, 7) is -2.51. The second kappa shape index (κ2) is 16.1. The first kappa shape index (κ1) is 40.4. The van der Waals surface area contributed by atoms with Gasteiger partial charge in [-0.2, -0.15) is 0 Å². The Morgan fingerprint density at radius 1 is 0.564 bits per heavy atom. The highest BCUT2D eigenvalue weighted by Gasteiger charge is 2.48. The highest BCUT2D eigenvalue weighted by Crippen LogP contribution is 2.46.